The Bertz CT molecular complexity index is 914. The van der Waals surface area contributed by atoms with Crippen LogP contribution in [0.5, 0.6) is 5.75 Å². The lowest BCUT2D eigenvalue weighted by Gasteiger charge is -2.22. The van der Waals surface area contributed by atoms with Crippen LogP contribution in [0.15, 0.2) is 54.7 Å². The van der Waals surface area contributed by atoms with E-state index in [1.54, 1.807) is 0 Å². The predicted octanol–water partition coefficient (Wildman–Crippen LogP) is 4.44. The minimum Gasteiger partial charge on any atom is -0.491 e. The van der Waals surface area contributed by atoms with Crippen molar-refractivity contribution in [2.24, 2.45) is 0 Å². The first-order valence-electron chi connectivity index (χ1n) is 9.71. The highest BCUT2D eigenvalue weighted by atomic mass is 16.5. The van der Waals surface area contributed by atoms with Crippen molar-refractivity contribution in [1.82, 2.24) is 10.3 Å². The van der Waals surface area contributed by atoms with Crippen molar-refractivity contribution in [2.75, 3.05) is 18.5 Å². The zero-order valence-electron chi connectivity index (χ0n) is 15.7. The zero-order chi connectivity index (χ0) is 19.2. The van der Waals surface area contributed by atoms with Crippen LogP contribution >= 0.6 is 0 Å². The molecule has 2 heterocycles. The fourth-order valence-electron chi connectivity index (χ4n) is 3.33. The second kappa shape index (κ2) is 8.80. The van der Waals surface area contributed by atoms with Crippen LogP contribution in [0.25, 0.3) is 10.9 Å². The number of nitrogens with one attached hydrogen (secondary N) is 3. The summed E-state index contributed by atoms with van der Waals surface area (Å²) < 4.78 is 11.4. The molecule has 4 rings (SSSR count). The maximum atomic E-state index is 12.1. The molecule has 2 aromatic carbocycles. The van der Waals surface area contributed by atoms with Crippen molar-refractivity contribution in [3.8, 4) is 5.75 Å². The fourth-order valence-corrected chi connectivity index (χ4v) is 3.33. The van der Waals surface area contributed by atoms with Gasteiger partial charge in [-0.1, -0.05) is 6.07 Å². The Morgan fingerprint density at radius 1 is 1.14 bits per heavy atom. The molecule has 1 aliphatic heterocycles. The minimum absolute atomic E-state index is 0.183. The largest absolute Gasteiger partial charge is 0.491 e. The molecule has 1 aromatic heterocycles. The molecule has 28 heavy (non-hydrogen) atoms. The molecule has 0 bridgehead atoms. The Hall–Kier alpha value is -2.99. The number of hydrogen-bond donors (Lipinski definition) is 3. The van der Waals surface area contributed by atoms with Gasteiger partial charge in [-0.3, -0.25) is 0 Å². The van der Waals surface area contributed by atoms with E-state index in [0.717, 1.165) is 47.4 Å². The molecule has 1 atom stereocenters. The second-order valence-electron chi connectivity index (χ2n) is 7.03. The Labute approximate surface area is 164 Å². The molecule has 1 saturated heterocycles. The van der Waals surface area contributed by atoms with Gasteiger partial charge in [0.1, 0.15) is 12.4 Å². The van der Waals surface area contributed by atoms with Crippen molar-refractivity contribution in [3.05, 3.63) is 60.3 Å². The number of aromatic nitrogens is 1. The lowest BCUT2D eigenvalue weighted by molar-refractivity contribution is -0.0110. The van der Waals surface area contributed by atoms with Crippen molar-refractivity contribution >= 4 is 22.6 Å². The number of benzene rings is 2. The number of anilines is 1. The highest BCUT2D eigenvalue weighted by molar-refractivity contribution is 5.89. The molecular weight excluding hydrogens is 354 g/mol. The van der Waals surface area contributed by atoms with Gasteiger partial charge in [0.2, 0.25) is 0 Å². The van der Waals surface area contributed by atoms with Crippen LogP contribution < -0.4 is 15.4 Å². The number of hydrogen-bond acceptors (Lipinski definition) is 3. The quantitative estimate of drug-likeness (QED) is 0.593. The molecule has 6 nitrogen and oxygen atoms in total. The summed E-state index contributed by atoms with van der Waals surface area (Å²) in [6.45, 7) is 1.86. The molecule has 0 aliphatic carbocycles. The maximum Gasteiger partial charge on any atom is 0.319 e. The summed E-state index contributed by atoms with van der Waals surface area (Å²) in [5.41, 5.74) is 2.86. The number of urea groups is 1. The van der Waals surface area contributed by atoms with Gasteiger partial charge >= 0.3 is 6.03 Å². The number of fused-ring (bicyclic) bond motifs is 1. The van der Waals surface area contributed by atoms with Crippen molar-refractivity contribution in [2.45, 2.75) is 31.9 Å². The van der Waals surface area contributed by atoms with Crippen LogP contribution in [0.4, 0.5) is 10.5 Å². The fraction of sp³-hybridized carbons (Fsp3) is 0.318. The van der Waals surface area contributed by atoms with E-state index in [4.69, 9.17) is 9.47 Å². The SMILES string of the molecule is O=C(NCc1ccc2[nH]ccc2c1)Nc1ccc(OC[C@@H]2CCCCO2)cc1. The van der Waals surface area contributed by atoms with Crippen LogP contribution in [-0.4, -0.2) is 30.3 Å². The molecule has 0 unspecified atom stereocenters. The van der Waals surface area contributed by atoms with E-state index in [0.29, 0.717) is 13.2 Å². The molecule has 146 valence electrons. The highest BCUT2D eigenvalue weighted by Gasteiger charge is 2.14. The summed E-state index contributed by atoms with van der Waals surface area (Å²) in [7, 11) is 0. The summed E-state index contributed by atoms with van der Waals surface area (Å²) in [5, 5.41) is 6.85. The summed E-state index contributed by atoms with van der Waals surface area (Å²) >= 11 is 0. The first-order valence-corrected chi connectivity index (χ1v) is 9.71. The van der Waals surface area contributed by atoms with Gasteiger partial charge in [0.05, 0.1) is 6.10 Å². The first-order chi connectivity index (χ1) is 13.8. The third-order valence-corrected chi connectivity index (χ3v) is 4.89. The average Bonchev–Trinajstić information content (AvgIpc) is 3.20. The molecule has 1 aliphatic rings. The molecule has 0 radical (unpaired) electrons. The third-order valence-electron chi connectivity index (χ3n) is 4.89. The number of H-pyrrole nitrogens is 1. The molecule has 6 heteroatoms. The summed E-state index contributed by atoms with van der Waals surface area (Å²) in [6.07, 6.45) is 5.48. The number of aromatic amines is 1. The number of carbonyl (C=O) groups excluding carboxylic acids is 1. The summed E-state index contributed by atoms with van der Waals surface area (Å²) in [5.74, 6) is 0.778. The van der Waals surface area contributed by atoms with Crippen molar-refractivity contribution in [1.29, 1.82) is 0 Å². The summed E-state index contributed by atoms with van der Waals surface area (Å²) in [6, 6.07) is 15.2. The molecule has 2 amide bonds. The molecule has 0 saturated carbocycles. The second-order valence-corrected chi connectivity index (χ2v) is 7.03. The highest BCUT2D eigenvalue weighted by Crippen LogP contribution is 2.19. The van der Waals surface area contributed by atoms with E-state index in [9.17, 15) is 4.79 Å². The van der Waals surface area contributed by atoms with E-state index in [-0.39, 0.29) is 12.1 Å². The molecule has 1 fully saturated rings. The van der Waals surface area contributed by atoms with Gasteiger partial charge in [-0.05, 0) is 72.7 Å². The molecule has 3 aromatic rings. The van der Waals surface area contributed by atoms with Crippen LogP contribution in [0.1, 0.15) is 24.8 Å². The Morgan fingerprint density at radius 3 is 2.86 bits per heavy atom. The van der Waals surface area contributed by atoms with Gasteiger partial charge in [-0.15, -0.1) is 0 Å². The minimum atomic E-state index is -0.238. The standard InChI is InChI=1S/C22H25N3O3/c26-22(24-14-16-4-9-21-17(13-16)10-11-23-21)25-18-5-7-19(8-6-18)28-15-20-3-1-2-12-27-20/h4-11,13,20,23H,1-3,12,14-15H2,(H2,24,25,26)/t20-/m0/s1. The van der Waals surface area contributed by atoms with E-state index in [1.165, 1.54) is 6.42 Å². The average molecular weight is 379 g/mol. The van der Waals surface area contributed by atoms with E-state index in [2.05, 4.69) is 21.7 Å². The van der Waals surface area contributed by atoms with Gasteiger partial charge < -0.3 is 25.1 Å². The number of carbonyl (C=O) groups is 1. The van der Waals surface area contributed by atoms with Gasteiger partial charge in [0, 0.05) is 30.6 Å². The molecule has 3 N–H and O–H groups in total. The van der Waals surface area contributed by atoms with Crippen LogP contribution in [0.3, 0.4) is 0 Å². The number of ether oxygens (including phenoxy) is 2. The smallest absolute Gasteiger partial charge is 0.319 e. The summed E-state index contributed by atoms with van der Waals surface area (Å²) in [4.78, 5) is 15.3. The van der Waals surface area contributed by atoms with E-state index < -0.39 is 0 Å². The van der Waals surface area contributed by atoms with Crippen LogP contribution in [0, 0.1) is 0 Å². The van der Waals surface area contributed by atoms with Gasteiger partial charge in [-0.25, -0.2) is 4.79 Å². The number of rotatable bonds is 6. The normalized spacial score (nSPS) is 16.6. The Morgan fingerprint density at radius 2 is 2.04 bits per heavy atom. The Balaban J connectivity index is 1.23. The lowest BCUT2D eigenvalue weighted by Crippen LogP contribution is -2.28. The third kappa shape index (κ3) is 4.84. The molecular formula is C22H25N3O3. The van der Waals surface area contributed by atoms with Crippen LogP contribution in [-0.2, 0) is 11.3 Å². The number of amides is 2. The van der Waals surface area contributed by atoms with Crippen molar-refractivity contribution in [3.63, 3.8) is 0 Å². The topological polar surface area (TPSA) is 75.4 Å². The molecule has 0 spiro atoms. The van der Waals surface area contributed by atoms with Gasteiger partial charge in [-0.2, -0.15) is 0 Å². The predicted molar refractivity (Wildman–Crippen MR) is 110 cm³/mol. The van der Waals surface area contributed by atoms with Gasteiger partial charge in [0.25, 0.3) is 0 Å². The Kier molecular flexibility index (Phi) is 5.77. The monoisotopic (exact) mass is 379 g/mol. The maximum absolute atomic E-state index is 12.1. The van der Waals surface area contributed by atoms with E-state index in [1.807, 2.05) is 48.7 Å². The van der Waals surface area contributed by atoms with E-state index >= 15 is 0 Å². The first kappa shape index (κ1) is 18.4. The van der Waals surface area contributed by atoms with Crippen LogP contribution in [0.2, 0.25) is 0 Å². The zero-order valence-corrected chi connectivity index (χ0v) is 15.7. The lowest BCUT2D eigenvalue weighted by atomic mass is 10.1. The van der Waals surface area contributed by atoms with Gasteiger partial charge in [0.15, 0.2) is 0 Å². The van der Waals surface area contributed by atoms with Crippen molar-refractivity contribution < 1.29 is 14.3 Å².